The second-order valence-corrected chi connectivity index (χ2v) is 7.15. The summed E-state index contributed by atoms with van der Waals surface area (Å²) in [5.41, 5.74) is -1.49. The van der Waals surface area contributed by atoms with Gasteiger partial charge in [-0.2, -0.15) is 0 Å². The van der Waals surface area contributed by atoms with Crippen LogP contribution in [0.3, 0.4) is 0 Å². The van der Waals surface area contributed by atoms with Gasteiger partial charge in [0.2, 0.25) is 0 Å². The van der Waals surface area contributed by atoms with E-state index in [4.69, 9.17) is 11.6 Å². The van der Waals surface area contributed by atoms with E-state index in [2.05, 4.69) is 4.98 Å². The highest BCUT2D eigenvalue weighted by molar-refractivity contribution is 6.29. The summed E-state index contributed by atoms with van der Waals surface area (Å²) in [5, 5.41) is 28.9. The zero-order valence-electron chi connectivity index (χ0n) is 14.6. The molecule has 1 aromatic heterocycles. The topological polar surface area (TPSA) is 111 Å². The van der Waals surface area contributed by atoms with Crippen LogP contribution in [0.15, 0.2) is 6.07 Å². The molecule has 7 nitrogen and oxygen atoms in total. The summed E-state index contributed by atoms with van der Waals surface area (Å²) in [6.07, 6.45) is -2.06. The number of likely N-dealkylation sites (tertiary alicyclic amines) is 1. The number of nitrogens with zero attached hydrogens (tertiary/aromatic N) is 2. The fourth-order valence-corrected chi connectivity index (χ4v) is 3.74. The van der Waals surface area contributed by atoms with Gasteiger partial charge in [-0.3, -0.25) is 4.79 Å². The molecule has 1 saturated heterocycles. The molecule has 3 N–H and O–H groups in total. The van der Waals surface area contributed by atoms with Gasteiger partial charge < -0.3 is 20.2 Å². The number of rotatable bonds is 5. The lowest BCUT2D eigenvalue weighted by molar-refractivity contribution is -0.153. The third-order valence-electron chi connectivity index (χ3n) is 5.02. The Labute approximate surface area is 155 Å². The fraction of sp³-hybridized carbons (Fsp3) is 0.588. The van der Waals surface area contributed by atoms with E-state index in [-0.39, 0.29) is 48.6 Å². The van der Waals surface area contributed by atoms with Crippen LogP contribution in [-0.2, 0) is 11.2 Å². The van der Waals surface area contributed by atoms with Crippen LogP contribution >= 0.6 is 11.6 Å². The number of aliphatic hydroxyl groups excluding tert-OH is 1. The van der Waals surface area contributed by atoms with Gasteiger partial charge in [0.25, 0.3) is 0 Å². The second-order valence-electron chi connectivity index (χ2n) is 6.76. The Balaban J connectivity index is 2.39. The van der Waals surface area contributed by atoms with Gasteiger partial charge >= 0.3 is 12.1 Å². The van der Waals surface area contributed by atoms with Gasteiger partial charge in [-0.15, -0.1) is 0 Å². The van der Waals surface area contributed by atoms with Crippen LogP contribution in [0.2, 0.25) is 5.15 Å². The molecule has 9 heteroatoms. The number of aliphatic carboxylic acids is 1. The third-order valence-corrected chi connectivity index (χ3v) is 5.22. The summed E-state index contributed by atoms with van der Waals surface area (Å²) in [5.74, 6) is -1.90. The summed E-state index contributed by atoms with van der Waals surface area (Å²) in [7, 11) is 0. The normalized spacial score (nSPS) is 24.3. The Morgan fingerprint density at radius 2 is 2.15 bits per heavy atom. The van der Waals surface area contributed by atoms with Crippen LogP contribution in [0, 0.1) is 11.2 Å². The molecule has 0 bridgehead atoms. The Bertz CT molecular complexity index is 717. The van der Waals surface area contributed by atoms with E-state index in [9.17, 15) is 29.3 Å². The fourth-order valence-electron chi connectivity index (χ4n) is 3.52. The molecule has 3 atom stereocenters. The molecule has 1 aliphatic rings. The van der Waals surface area contributed by atoms with Crippen molar-refractivity contribution in [1.82, 2.24) is 9.88 Å². The molecule has 2 rings (SSSR count). The van der Waals surface area contributed by atoms with Crippen molar-refractivity contribution in [1.29, 1.82) is 0 Å². The minimum absolute atomic E-state index is 0.0148. The molecular weight excluding hydrogens is 367 g/mol. The number of hydrogen-bond acceptors (Lipinski definition) is 4. The van der Waals surface area contributed by atoms with Crippen LogP contribution in [-0.4, -0.2) is 49.9 Å². The van der Waals surface area contributed by atoms with Gasteiger partial charge in [0.05, 0.1) is 17.2 Å². The molecule has 1 amide bonds. The molecule has 0 aliphatic carbocycles. The quantitative estimate of drug-likeness (QED) is 0.668. The van der Waals surface area contributed by atoms with Crippen LogP contribution < -0.4 is 0 Å². The minimum Gasteiger partial charge on any atom is -0.481 e. The Morgan fingerprint density at radius 1 is 1.50 bits per heavy atom. The van der Waals surface area contributed by atoms with Crippen LogP contribution in [0.5, 0.6) is 0 Å². The van der Waals surface area contributed by atoms with E-state index in [1.807, 2.05) is 0 Å². The standard InChI is InChI=1S/C17H22ClFN2O5/c1-3-12(22)10-6-13(18)20-11(14(10)19)8-17(15(23)24)4-5-21(16(25)26)9(2)7-17/h6,9,12,22H,3-5,7-8H2,1-2H3,(H,23,24)(H,25,26)/t9-,12?,17?/m1/s1. The zero-order valence-corrected chi connectivity index (χ0v) is 15.3. The zero-order chi connectivity index (χ0) is 19.6. The number of carbonyl (C=O) groups is 2. The minimum atomic E-state index is -1.35. The Morgan fingerprint density at radius 3 is 2.65 bits per heavy atom. The molecule has 2 unspecified atom stereocenters. The summed E-state index contributed by atoms with van der Waals surface area (Å²) in [4.78, 5) is 28.3. The molecule has 1 aromatic rings. The number of halogens is 2. The van der Waals surface area contributed by atoms with Crippen LogP contribution in [0.25, 0.3) is 0 Å². The highest BCUT2D eigenvalue weighted by Gasteiger charge is 2.46. The molecule has 1 fully saturated rings. The second kappa shape index (κ2) is 7.75. The Kier molecular flexibility index (Phi) is 6.08. The van der Waals surface area contributed by atoms with E-state index in [1.165, 1.54) is 11.0 Å². The molecule has 0 radical (unpaired) electrons. The summed E-state index contributed by atoms with van der Waals surface area (Å²) in [6.45, 7) is 3.34. The number of aliphatic hydroxyl groups is 1. The van der Waals surface area contributed by atoms with Crippen molar-refractivity contribution < 1.29 is 29.3 Å². The van der Waals surface area contributed by atoms with E-state index in [1.54, 1.807) is 13.8 Å². The van der Waals surface area contributed by atoms with Gasteiger partial charge in [0.1, 0.15) is 5.15 Å². The van der Waals surface area contributed by atoms with Crippen molar-refractivity contribution in [3.63, 3.8) is 0 Å². The number of pyridine rings is 1. The van der Waals surface area contributed by atoms with Crippen LogP contribution in [0.1, 0.15) is 50.5 Å². The first-order valence-corrected chi connectivity index (χ1v) is 8.75. The maximum atomic E-state index is 14.8. The maximum absolute atomic E-state index is 14.8. The first-order chi connectivity index (χ1) is 12.1. The first-order valence-electron chi connectivity index (χ1n) is 8.37. The molecule has 144 valence electrons. The first kappa shape index (κ1) is 20.4. The number of piperidine rings is 1. The van der Waals surface area contributed by atoms with Crippen molar-refractivity contribution in [3.05, 3.63) is 28.3 Å². The highest BCUT2D eigenvalue weighted by Crippen LogP contribution is 2.39. The highest BCUT2D eigenvalue weighted by atomic mass is 35.5. The van der Waals surface area contributed by atoms with E-state index in [0.29, 0.717) is 0 Å². The van der Waals surface area contributed by atoms with Crippen molar-refractivity contribution >= 4 is 23.7 Å². The average molecular weight is 389 g/mol. The summed E-state index contributed by atoms with van der Waals surface area (Å²) in [6, 6.07) is 0.706. The molecule has 0 spiro atoms. The van der Waals surface area contributed by atoms with Gasteiger partial charge in [-0.05, 0) is 32.3 Å². The van der Waals surface area contributed by atoms with Crippen molar-refractivity contribution in [2.75, 3.05) is 6.54 Å². The SMILES string of the molecule is CCC(O)c1cc(Cl)nc(CC2(C(=O)O)CCN(C(=O)O)[C@H](C)C2)c1F. The predicted molar refractivity (Wildman–Crippen MR) is 91.7 cm³/mol. The largest absolute Gasteiger partial charge is 0.481 e. The van der Waals surface area contributed by atoms with Crippen LogP contribution in [0.4, 0.5) is 9.18 Å². The maximum Gasteiger partial charge on any atom is 0.407 e. The summed E-state index contributed by atoms with van der Waals surface area (Å²) >= 11 is 5.94. The van der Waals surface area contributed by atoms with Crippen molar-refractivity contribution in [2.45, 2.75) is 51.7 Å². The van der Waals surface area contributed by atoms with Gasteiger partial charge in [0, 0.05) is 24.6 Å². The average Bonchev–Trinajstić information content (AvgIpc) is 2.56. The van der Waals surface area contributed by atoms with Gasteiger partial charge in [-0.1, -0.05) is 18.5 Å². The van der Waals surface area contributed by atoms with Gasteiger partial charge in [0.15, 0.2) is 5.82 Å². The molecule has 2 heterocycles. The number of carboxylic acids is 1. The molecule has 26 heavy (non-hydrogen) atoms. The molecular formula is C17H22ClFN2O5. The van der Waals surface area contributed by atoms with E-state index < -0.39 is 35.4 Å². The lowest BCUT2D eigenvalue weighted by atomic mass is 9.72. The monoisotopic (exact) mass is 388 g/mol. The predicted octanol–water partition coefficient (Wildman–Crippen LogP) is 3.09. The summed E-state index contributed by atoms with van der Waals surface area (Å²) < 4.78 is 14.8. The number of hydrogen-bond donors (Lipinski definition) is 3. The lowest BCUT2D eigenvalue weighted by Gasteiger charge is -2.42. The van der Waals surface area contributed by atoms with Crippen molar-refractivity contribution in [3.8, 4) is 0 Å². The Hall–Kier alpha value is -1.93. The lowest BCUT2D eigenvalue weighted by Crippen LogP contribution is -2.51. The van der Waals surface area contributed by atoms with Crippen molar-refractivity contribution in [2.24, 2.45) is 5.41 Å². The molecule has 0 aromatic carbocycles. The van der Waals surface area contributed by atoms with E-state index >= 15 is 0 Å². The number of amides is 1. The van der Waals surface area contributed by atoms with Gasteiger partial charge in [-0.25, -0.2) is 14.2 Å². The number of aromatic nitrogens is 1. The number of carboxylic acid groups (broad SMARTS) is 2. The molecule has 1 aliphatic heterocycles. The smallest absolute Gasteiger partial charge is 0.407 e. The molecule has 0 saturated carbocycles. The third kappa shape index (κ3) is 3.91. The van der Waals surface area contributed by atoms with E-state index in [0.717, 1.165) is 0 Å².